The predicted molar refractivity (Wildman–Crippen MR) is 60.7 cm³/mol. The number of nitrogens with two attached hydrogens (primary N) is 1. The second kappa shape index (κ2) is 5.41. The Kier molecular flexibility index (Phi) is 3.88. The number of carbonyl (C=O) groups excluding carboxylic acids is 1. The summed E-state index contributed by atoms with van der Waals surface area (Å²) >= 11 is 0. The zero-order valence-corrected chi connectivity index (χ0v) is 9.73. The Morgan fingerprint density at radius 1 is 1.33 bits per heavy atom. The minimum absolute atomic E-state index is 0.103. The number of hydrogen-bond donors (Lipinski definition) is 1. The molecule has 0 spiro atoms. The van der Waals surface area contributed by atoms with Crippen molar-refractivity contribution in [3.8, 4) is 0 Å². The molecule has 1 aliphatic rings. The Morgan fingerprint density at radius 2 is 2.00 bits per heavy atom. The average Bonchev–Trinajstić information content (AvgIpc) is 2.33. The van der Waals surface area contributed by atoms with Gasteiger partial charge in [0, 0.05) is 24.7 Å². The third-order valence-electron chi connectivity index (χ3n) is 2.94. The molecule has 1 amide bonds. The third kappa shape index (κ3) is 2.65. The summed E-state index contributed by atoms with van der Waals surface area (Å²) in [7, 11) is 0. The highest BCUT2D eigenvalue weighted by Gasteiger charge is 2.29. The fraction of sp³-hybridized carbons (Fsp3) is 0.417. The monoisotopic (exact) mass is 256 g/mol. The van der Waals surface area contributed by atoms with Crippen molar-refractivity contribution in [2.75, 3.05) is 26.3 Å². The maximum Gasteiger partial charge on any atom is 0.239 e. The topological polar surface area (TPSA) is 55.6 Å². The summed E-state index contributed by atoms with van der Waals surface area (Å²) in [6, 6.07) is 2.25. The maximum atomic E-state index is 13.7. The van der Waals surface area contributed by atoms with Crippen LogP contribution in [0.1, 0.15) is 11.6 Å². The molecule has 1 aromatic carbocycles. The molecular weight excluding hydrogens is 242 g/mol. The first-order valence-corrected chi connectivity index (χ1v) is 5.65. The van der Waals surface area contributed by atoms with Gasteiger partial charge in [-0.25, -0.2) is 8.78 Å². The van der Waals surface area contributed by atoms with Crippen LogP contribution in [0.15, 0.2) is 18.2 Å². The lowest BCUT2D eigenvalue weighted by Gasteiger charge is -2.32. The molecule has 1 fully saturated rings. The van der Waals surface area contributed by atoms with Crippen LogP contribution in [0, 0.1) is 11.6 Å². The number of amides is 1. The van der Waals surface area contributed by atoms with Gasteiger partial charge in [0.05, 0.1) is 13.2 Å². The molecule has 1 aromatic rings. The first-order chi connectivity index (χ1) is 8.59. The van der Waals surface area contributed by atoms with Gasteiger partial charge in [0.25, 0.3) is 0 Å². The summed E-state index contributed by atoms with van der Waals surface area (Å²) in [4.78, 5) is 13.3. The van der Waals surface area contributed by atoms with Gasteiger partial charge in [0.15, 0.2) is 0 Å². The van der Waals surface area contributed by atoms with Gasteiger partial charge in [0.1, 0.15) is 17.7 Å². The standard InChI is InChI=1S/C12H14F2N2O2/c13-8-1-2-9(10(14)7-8)11(12(15)17)16-3-5-18-6-4-16/h1-2,7,11H,3-6H2,(H2,15,17). The third-order valence-corrected chi connectivity index (χ3v) is 2.94. The second-order valence-corrected chi connectivity index (χ2v) is 4.12. The van der Waals surface area contributed by atoms with Gasteiger partial charge in [-0.3, -0.25) is 9.69 Å². The van der Waals surface area contributed by atoms with E-state index in [2.05, 4.69) is 0 Å². The molecule has 1 aliphatic heterocycles. The number of morpholine rings is 1. The highest BCUT2D eigenvalue weighted by atomic mass is 19.1. The van der Waals surface area contributed by atoms with E-state index in [0.717, 1.165) is 12.1 Å². The number of rotatable bonds is 3. The van der Waals surface area contributed by atoms with Crippen LogP contribution in [0.5, 0.6) is 0 Å². The summed E-state index contributed by atoms with van der Waals surface area (Å²) in [6.45, 7) is 1.91. The Balaban J connectivity index is 2.31. The maximum absolute atomic E-state index is 13.7. The van der Waals surface area contributed by atoms with E-state index in [9.17, 15) is 13.6 Å². The van der Waals surface area contributed by atoms with Crippen LogP contribution in [0.4, 0.5) is 8.78 Å². The van der Waals surface area contributed by atoms with E-state index in [-0.39, 0.29) is 5.56 Å². The summed E-state index contributed by atoms with van der Waals surface area (Å²) in [5.41, 5.74) is 5.43. The van der Waals surface area contributed by atoms with Crippen LogP contribution in [-0.4, -0.2) is 37.1 Å². The highest BCUT2D eigenvalue weighted by molar-refractivity contribution is 5.81. The highest BCUT2D eigenvalue weighted by Crippen LogP contribution is 2.24. The zero-order valence-electron chi connectivity index (χ0n) is 9.73. The molecule has 2 rings (SSSR count). The van der Waals surface area contributed by atoms with E-state index in [0.29, 0.717) is 26.3 Å². The molecule has 2 N–H and O–H groups in total. The second-order valence-electron chi connectivity index (χ2n) is 4.12. The Bertz CT molecular complexity index is 448. The quantitative estimate of drug-likeness (QED) is 0.871. The largest absolute Gasteiger partial charge is 0.379 e. The molecule has 0 aliphatic carbocycles. The smallest absolute Gasteiger partial charge is 0.239 e. The van der Waals surface area contributed by atoms with Crippen molar-refractivity contribution in [1.29, 1.82) is 0 Å². The molecule has 4 nitrogen and oxygen atoms in total. The molecule has 0 aromatic heterocycles. The lowest BCUT2D eigenvalue weighted by Crippen LogP contribution is -2.44. The normalized spacial score (nSPS) is 18.6. The van der Waals surface area contributed by atoms with Crippen LogP contribution in [0.2, 0.25) is 0 Å². The molecule has 0 saturated carbocycles. The van der Waals surface area contributed by atoms with Gasteiger partial charge in [-0.05, 0) is 6.07 Å². The summed E-state index contributed by atoms with van der Waals surface area (Å²) in [5.74, 6) is -2.09. The molecule has 6 heteroatoms. The Morgan fingerprint density at radius 3 is 2.56 bits per heavy atom. The van der Waals surface area contributed by atoms with Crippen molar-refractivity contribution in [3.05, 3.63) is 35.4 Å². The van der Waals surface area contributed by atoms with Gasteiger partial charge in [0.2, 0.25) is 5.91 Å². The Hall–Kier alpha value is -1.53. The average molecular weight is 256 g/mol. The zero-order chi connectivity index (χ0) is 13.1. The van der Waals surface area contributed by atoms with E-state index in [1.807, 2.05) is 0 Å². The van der Waals surface area contributed by atoms with Crippen molar-refractivity contribution in [3.63, 3.8) is 0 Å². The lowest BCUT2D eigenvalue weighted by atomic mass is 10.0. The molecule has 1 atom stereocenters. The fourth-order valence-electron chi connectivity index (χ4n) is 2.09. The predicted octanol–water partition coefficient (Wildman–Crippen LogP) is 0.823. The van der Waals surface area contributed by atoms with Crippen LogP contribution in [-0.2, 0) is 9.53 Å². The first-order valence-electron chi connectivity index (χ1n) is 5.65. The molecule has 0 bridgehead atoms. The van der Waals surface area contributed by atoms with E-state index in [1.165, 1.54) is 6.07 Å². The van der Waals surface area contributed by atoms with E-state index >= 15 is 0 Å². The number of hydrogen-bond acceptors (Lipinski definition) is 3. The van der Waals surface area contributed by atoms with Crippen LogP contribution in [0.25, 0.3) is 0 Å². The molecule has 1 heterocycles. The van der Waals surface area contributed by atoms with Crippen molar-refractivity contribution in [1.82, 2.24) is 4.90 Å². The van der Waals surface area contributed by atoms with E-state index in [1.54, 1.807) is 4.90 Å². The van der Waals surface area contributed by atoms with Gasteiger partial charge in [-0.15, -0.1) is 0 Å². The van der Waals surface area contributed by atoms with Gasteiger partial charge >= 0.3 is 0 Å². The minimum atomic E-state index is -0.880. The van der Waals surface area contributed by atoms with Crippen LogP contribution in [0.3, 0.4) is 0 Å². The van der Waals surface area contributed by atoms with Crippen molar-refractivity contribution >= 4 is 5.91 Å². The Labute approximate surface area is 103 Å². The summed E-state index contributed by atoms with van der Waals surface area (Å²) in [6.07, 6.45) is 0. The number of nitrogens with zero attached hydrogens (tertiary/aromatic N) is 1. The number of carbonyl (C=O) groups is 1. The van der Waals surface area contributed by atoms with E-state index < -0.39 is 23.6 Å². The summed E-state index contributed by atoms with van der Waals surface area (Å²) < 4.78 is 31.7. The van der Waals surface area contributed by atoms with Crippen LogP contribution < -0.4 is 5.73 Å². The molecule has 1 unspecified atom stereocenters. The number of primary amides is 1. The van der Waals surface area contributed by atoms with Gasteiger partial charge in [-0.1, -0.05) is 6.07 Å². The minimum Gasteiger partial charge on any atom is -0.379 e. The van der Waals surface area contributed by atoms with Crippen molar-refractivity contribution in [2.24, 2.45) is 5.73 Å². The SMILES string of the molecule is NC(=O)C(c1ccc(F)cc1F)N1CCOCC1. The number of ether oxygens (including phenoxy) is 1. The molecule has 0 radical (unpaired) electrons. The molecular formula is C12H14F2N2O2. The summed E-state index contributed by atoms with van der Waals surface area (Å²) in [5, 5.41) is 0. The molecule has 18 heavy (non-hydrogen) atoms. The lowest BCUT2D eigenvalue weighted by molar-refractivity contribution is -0.125. The number of benzene rings is 1. The first kappa shape index (κ1) is 12.9. The fourth-order valence-corrected chi connectivity index (χ4v) is 2.09. The van der Waals surface area contributed by atoms with E-state index in [4.69, 9.17) is 10.5 Å². The van der Waals surface area contributed by atoms with Crippen LogP contribution >= 0.6 is 0 Å². The van der Waals surface area contributed by atoms with Gasteiger partial charge < -0.3 is 10.5 Å². The molecule has 98 valence electrons. The van der Waals surface area contributed by atoms with Crippen molar-refractivity contribution < 1.29 is 18.3 Å². The number of halogens is 2. The van der Waals surface area contributed by atoms with Crippen molar-refractivity contribution in [2.45, 2.75) is 6.04 Å². The molecule has 1 saturated heterocycles. The van der Waals surface area contributed by atoms with Gasteiger partial charge in [-0.2, -0.15) is 0 Å².